The van der Waals surface area contributed by atoms with E-state index in [1.807, 2.05) is 24.3 Å². The molecule has 0 bridgehead atoms. The Morgan fingerprint density at radius 2 is 1.76 bits per heavy atom. The van der Waals surface area contributed by atoms with E-state index in [0.717, 1.165) is 16.6 Å². The number of hydrogen-bond acceptors (Lipinski definition) is 4. The van der Waals surface area contributed by atoms with E-state index in [2.05, 4.69) is 20.7 Å². The van der Waals surface area contributed by atoms with Crippen LogP contribution in [0.3, 0.4) is 0 Å². The molecule has 0 aliphatic carbocycles. The molecule has 1 heterocycles. The molecular formula is C15H14N4O2. The van der Waals surface area contributed by atoms with Gasteiger partial charge in [0, 0.05) is 12.1 Å². The Labute approximate surface area is 120 Å². The molecule has 6 nitrogen and oxygen atoms in total. The van der Waals surface area contributed by atoms with E-state index >= 15 is 0 Å². The number of benzene rings is 2. The molecule has 106 valence electrons. The summed E-state index contributed by atoms with van der Waals surface area (Å²) in [7, 11) is 0. The molecule has 6 heteroatoms. The smallest absolute Gasteiger partial charge is 0.251 e. The number of hydrogen-bond donors (Lipinski definition) is 3. The van der Waals surface area contributed by atoms with Crippen molar-refractivity contribution in [1.29, 1.82) is 0 Å². The number of aliphatic hydroxyl groups is 1. The van der Waals surface area contributed by atoms with Crippen LogP contribution in [0.5, 0.6) is 0 Å². The number of nitrogens with zero attached hydrogens (tertiary/aromatic N) is 2. The van der Waals surface area contributed by atoms with Gasteiger partial charge in [-0.15, -0.1) is 0 Å². The number of carbonyl (C=O) groups excluding carboxylic acids is 1. The molecule has 3 rings (SSSR count). The van der Waals surface area contributed by atoms with Crippen molar-refractivity contribution in [3.05, 3.63) is 59.2 Å². The molecule has 0 radical (unpaired) electrons. The van der Waals surface area contributed by atoms with Gasteiger partial charge in [-0.05, 0) is 29.3 Å². The van der Waals surface area contributed by atoms with Crippen LogP contribution in [0.25, 0.3) is 11.0 Å². The van der Waals surface area contributed by atoms with Crippen molar-refractivity contribution in [2.45, 2.75) is 13.2 Å². The zero-order chi connectivity index (χ0) is 14.7. The minimum atomic E-state index is -0.161. The molecule has 2 aromatic carbocycles. The van der Waals surface area contributed by atoms with Crippen molar-refractivity contribution >= 4 is 16.9 Å². The molecule has 0 aliphatic heterocycles. The lowest BCUT2D eigenvalue weighted by molar-refractivity contribution is 0.0951. The van der Waals surface area contributed by atoms with Crippen LogP contribution in [-0.4, -0.2) is 26.4 Å². The van der Waals surface area contributed by atoms with Gasteiger partial charge in [0.25, 0.3) is 5.91 Å². The number of fused-ring (bicyclic) bond motifs is 1. The SMILES string of the molecule is O=C(NCc1ccc(CO)cc1)c1ccc2n[nH]nc2c1. The Bertz CT molecular complexity index is 765. The van der Waals surface area contributed by atoms with E-state index in [4.69, 9.17) is 5.11 Å². The van der Waals surface area contributed by atoms with Crippen LogP contribution in [0.2, 0.25) is 0 Å². The maximum atomic E-state index is 12.1. The summed E-state index contributed by atoms with van der Waals surface area (Å²) in [4.78, 5) is 12.1. The highest BCUT2D eigenvalue weighted by Gasteiger charge is 2.07. The predicted molar refractivity (Wildman–Crippen MR) is 77.4 cm³/mol. The summed E-state index contributed by atoms with van der Waals surface area (Å²) in [5, 5.41) is 22.3. The number of nitrogens with one attached hydrogen (secondary N) is 2. The third-order valence-electron chi connectivity index (χ3n) is 3.24. The van der Waals surface area contributed by atoms with Gasteiger partial charge in [-0.3, -0.25) is 4.79 Å². The number of H-pyrrole nitrogens is 1. The third kappa shape index (κ3) is 2.90. The van der Waals surface area contributed by atoms with Crippen molar-refractivity contribution < 1.29 is 9.90 Å². The van der Waals surface area contributed by atoms with Gasteiger partial charge in [0.2, 0.25) is 0 Å². The monoisotopic (exact) mass is 282 g/mol. The lowest BCUT2D eigenvalue weighted by Gasteiger charge is -2.06. The van der Waals surface area contributed by atoms with Crippen molar-refractivity contribution in [1.82, 2.24) is 20.7 Å². The molecule has 1 amide bonds. The first-order chi connectivity index (χ1) is 10.3. The van der Waals surface area contributed by atoms with Gasteiger partial charge in [0.1, 0.15) is 11.0 Å². The number of aromatic amines is 1. The Kier molecular flexibility index (Phi) is 3.61. The second-order valence-electron chi connectivity index (χ2n) is 4.68. The van der Waals surface area contributed by atoms with Crippen LogP contribution in [0.4, 0.5) is 0 Å². The molecule has 0 atom stereocenters. The lowest BCUT2D eigenvalue weighted by Crippen LogP contribution is -2.22. The largest absolute Gasteiger partial charge is 0.392 e. The highest BCUT2D eigenvalue weighted by Crippen LogP contribution is 2.11. The van der Waals surface area contributed by atoms with Gasteiger partial charge >= 0.3 is 0 Å². The maximum Gasteiger partial charge on any atom is 0.251 e. The highest BCUT2D eigenvalue weighted by molar-refractivity contribution is 5.97. The van der Waals surface area contributed by atoms with Crippen molar-refractivity contribution in [3.63, 3.8) is 0 Å². The third-order valence-corrected chi connectivity index (χ3v) is 3.24. The van der Waals surface area contributed by atoms with Crippen LogP contribution in [0.1, 0.15) is 21.5 Å². The highest BCUT2D eigenvalue weighted by atomic mass is 16.3. The van der Waals surface area contributed by atoms with Crippen LogP contribution in [0, 0.1) is 0 Å². The molecule has 0 unspecified atom stereocenters. The van der Waals surface area contributed by atoms with E-state index in [-0.39, 0.29) is 12.5 Å². The predicted octanol–water partition coefficient (Wildman–Crippen LogP) is 1.38. The van der Waals surface area contributed by atoms with Gasteiger partial charge in [0.05, 0.1) is 6.61 Å². The first-order valence-electron chi connectivity index (χ1n) is 6.53. The Hall–Kier alpha value is -2.73. The fraction of sp³-hybridized carbons (Fsp3) is 0.133. The summed E-state index contributed by atoms with van der Waals surface area (Å²) < 4.78 is 0. The molecule has 0 saturated heterocycles. The van der Waals surface area contributed by atoms with E-state index in [9.17, 15) is 4.79 Å². The molecule has 0 spiro atoms. The lowest BCUT2D eigenvalue weighted by atomic mass is 10.1. The molecule has 1 aromatic heterocycles. The number of aliphatic hydroxyl groups excluding tert-OH is 1. The summed E-state index contributed by atoms with van der Waals surface area (Å²) in [5.74, 6) is -0.161. The molecule has 0 aliphatic rings. The average Bonchev–Trinajstić information content (AvgIpc) is 3.00. The van der Waals surface area contributed by atoms with E-state index in [1.165, 1.54) is 0 Å². The minimum Gasteiger partial charge on any atom is -0.392 e. The summed E-state index contributed by atoms with van der Waals surface area (Å²) in [5.41, 5.74) is 3.76. The van der Waals surface area contributed by atoms with Crippen molar-refractivity contribution in [2.24, 2.45) is 0 Å². The van der Waals surface area contributed by atoms with Crippen LogP contribution < -0.4 is 5.32 Å². The van der Waals surface area contributed by atoms with Gasteiger partial charge in [-0.25, -0.2) is 0 Å². The average molecular weight is 282 g/mol. The number of aromatic nitrogens is 3. The molecule has 21 heavy (non-hydrogen) atoms. The molecule has 3 N–H and O–H groups in total. The Balaban J connectivity index is 1.67. The second kappa shape index (κ2) is 5.72. The van der Waals surface area contributed by atoms with Gasteiger partial charge in [-0.2, -0.15) is 15.4 Å². The van der Waals surface area contributed by atoms with Gasteiger partial charge in [-0.1, -0.05) is 24.3 Å². The molecular weight excluding hydrogens is 268 g/mol. The molecule has 0 fully saturated rings. The second-order valence-corrected chi connectivity index (χ2v) is 4.68. The summed E-state index contributed by atoms with van der Waals surface area (Å²) in [6, 6.07) is 12.6. The topological polar surface area (TPSA) is 90.9 Å². The van der Waals surface area contributed by atoms with Crippen LogP contribution >= 0.6 is 0 Å². The quantitative estimate of drug-likeness (QED) is 0.674. The summed E-state index contributed by atoms with van der Waals surface area (Å²) >= 11 is 0. The maximum absolute atomic E-state index is 12.1. The zero-order valence-electron chi connectivity index (χ0n) is 11.2. The zero-order valence-corrected chi connectivity index (χ0v) is 11.2. The number of rotatable bonds is 4. The molecule has 3 aromatic rings. The van der Waals surface area contributed by atoms with Crippen LogP contribution in [0.15, 0.2) is 42.5 Å². The van der Waals surface area contributed by atoms with Gasteiger partial charge in [0.15, 0.2) is 0 Å². The fourth-order valence-corrected chi connectivity index (χ4v) is 2.03. The van der Waals surface area contributed by atoms with Crippen molar-refractivity contribution in [3.8, 4) is 0 Å². The summed E-state index contributed by atoms with van der Waals surface area (Å²) in [6.45, 7) is 0.450. The normalized spacial score (nSPS) is 10.7. The van der Waals surface area contributed by atoms with Crippen LogP contribution in [-0.2, 0) is 13.2 Å². The van der Waals surface area contributed by atoms with Crippen molar-refractivity contribution in [2.75, 3.05) is 0 Å². The number of carbonyl (C=O) groups is 1. The first-order valence-corrected chi connectivity index (χ1v) is 6.53. The summed E-state index contributed by atoms with van der Waals surface area (Å²) in [6.07, 6.45) is 0. The molecule has 0 saturated carbocycles. The standard InChI is InChI=1S/C15H14N4O2/c20-9-11-3-1-10(2-4-11)8-16-15(21)12-5-6-13-14(7-12)18-19-17-13/h1-7,20H,8-9H2,(H,16,21)(H,17,18,19). The van der Waals surface area contributed by atoms with E-state index in [0.29, 0.717) is 17.6 Å². The first kappa shape index (κ1) is 13.3. The Morgan fingerprint density at radius 1 is 1.05 bits per heavy atom. The number of amides is 1. The van der Waals surface area contributed by atoms with E-state index in [1.54, 1.807) is 18.2 Å². The van der Waals surface area contributed by atoms with E-state index < -0.39 is 0 Å². The fourth-order valence-electron chi connectivity index (χ4n) is 2.03. The van der Waals surface area contributed by atoms with Gasteiger partial charge < -0.3 is 10.4 Å². The Morgan fingerprint density at radius 3 is 2.52 bits per heavy atom. The minimum absolute atomic E-state index is 0.0182.